The maximum atomic E-state index is 6.19. The largest absolute Gasteiger partial charge is 0.385 e. The van der Waals surface area contributed by atoms with Crippen molar-refractivity contribution in [3.05, 3.63) is 28.5 Å². The van der Waals surface area contributed by atoms with Crippen molar-refractivity contribution in [1.29, 1.82) is 0 Å². The molecule has 0 spiro atoms. The number of aromatic nitrogens is 2. The summed E-state index contributed by atoms with van der Waals surface area (Å²) in [5.74, 6) is 0.930. The van der Waals surface area contributed by atoms with Gasteiger partial charge in [-0.3, -0.25) is 0 Å². The van der Waals surface area contributed by atoms with Gasteiger partial charge >= 0.3 is 0 Å². The van der Waals surface area contributed by atoms with Crippen LogP contribution in [0.1, 0.15) is 24.7 Å². The van der Waals surface area contributed by atoms with E-state index >= 15 is 0 Å². The zero-order chi connectivity index (χ0) is 13.1. The first-order chi connectivity index (χ1) is 8.63. The van der Waals surface area contributed by atoms with Gasteiger partial charge in [-0.15, -0.1) is 0 Å². The number of nitrogens with zero attached hydrogens (tertiary/aromatic N) is 2. The second kappa shape index (κ2) is 5.82. The molecule has 1 unspecified atom stereocenters. The van der Waals surface area contributed by atoms with E-state index in [-0.39, 0.29) is 6.04 Å². The van der Waals surface area contributed by atoms with Gasteiger partial charge in [0, 0.05) is 25.2 Å². The van der Waals surface area contributed by atoms with E-state index in [1.54, 1.807) is 7.11 Å². The van der Waals surface area contributed by atoms with Gasteiger partial charge in [-0.1, -0.05) is 15.9 Å². The summed E-state index contributed by atoms with van der Waals surface area (Å²) in [5.41, 5.74) is 8.27. The molecule has 0 amide bonds. The third-order valence-electron chi connectivity index (χ3n) is 3.07. The molecular weight excluding hydrogens is 294 g/mol. The Morgan fingerprint density at radius 1 is 1.50 bits per heavy atom. The highest BCUT2D eigenvalue weighted by Crippen LogP contribution is 2.23. The molecule has 0 saturated carbocycles. The van der Waals surface area contributed by atoms with Gasteiger partial charge in [0.2, 0.25) is 0 Å². The summed E-state index contributed by atoms with van der Waals surface area (Å²) in [4.78, 5) is 4.62. The number of halogens is 1. The van der Waals surface area contributed by atoms with Crippen molar-refractivity contribution in [3.8, 4) is 0 Å². The van der Waals surface area contributed by atoms with Crippen molar-refractivity contribution in [2.75, 3.05) is 13.7 Å². The smallest absolute Gasteiger partial charge is 0.126 e. The van der Waals surface area contributed by atoms with Gasteiger partial charge in [0.1, 0.15) is 5.82 Å². The molecular formula is C13H18BrN3O. The van der Waals surface area contributed by atoms with E-state index in [4.69, 9.17) is 10.5 Å². The van der Waals surface area contributed by atoms with Gasteiger partial charge in [-0.25, -0.2) is 4.98 Å². The van der Waals surface area contributed by atoms with Crippen molar-refractivity contribution in [2.45, 2.75) is 18.9 Å². The molecule has 0 radical (unpaired) electrons. The molecule has 1 aromatic heterocycles. The minimum atomic E-state index is -0.0451. The molecule has 1 atom stereocenters. The quantitative estimate of drug-likeness (QED) is 0.864. The molecule has 1 aromatic carbocycles. The second-order valence-electron chi connectivity index (χ2n) is 4.40. The zero-order valence-corrected chi connectivity index (χ0v) is 12.3. The highest BCUT2D eigenvalue weighted by Gasteiger charge is 2.14. The summed E-state index contributed by atoms with van der Waals surface area (Å²) in [6, 6.07) is 6.04. The van der Waals surface area contributed by atoms with E-state index in [1.165, 1.54) is 0 Å². The predicted molar refractivity (Wildman–Crippen MR) is 76.5 cm³/mol. The van der Waals surface area contributed by atoms with E-state index in [0.717, 1.165) is 40.8 Å². The molecule has 2 aromatic rings. The SMILES string of the molecule is COCCCC(N)c1nc2cc(Br)ccc2n1C. The number of ether oxygens (including phenoxy) is 1. The third-order valence-corrected chi connectivity index (χ3v) is 3.57. The fourth-order valence-corrected chi connectivity index (χ4v) is 2.45. The molecule has 2 rings (SSSR count). The summed E-state index contributed by atoms with van der Waals surface area (Å²) < 4.78 is 8.15. The Balaban J connectivity index is 2.25. The van der Waals surface area contributed by atoms with Crippen molar-refractivity contribution in [3.63, 3.8) is 0 Å². The van der Waals surface area contributed by atoms with Gasteiger partial charge < -0.3 is 15.0 Å². The molecule has 5 heteroatoms. The molecule has 0 bridgehead atoms. The summed E-state index contributed by atoms with van der Waals surface area (Å²) in [6.07, 6.45) is 1.83. The van der Waals surface area contributed by atoms with Crippen molar-refractivity contribution < 1.29 is 4.74 Å². The molecule has 0 saturated heterocycles. The van der Waals surface area contributed by atoms with Crippen LogP contribution in [0.2, 0.25) is 0 Å². The molecule has 1 heterocycles. The first-order valence-corrected chi connectivity index (χ1v) is 6.79. The number of methoxy groups -OCH3 is 1. The van der Waals surface area contributed by atoms with Gasteiger partial charge in [-0.05, 0) is 31.0 Å². The Labute approximate surface area is 115 Å². The van der Waals surface area contributed by atoms with Crippen LogP contribution in [-0.4, -0.2) is 23.3 Å². The lowest BCUT2D eigenvalue weighted by molar-refractivity contribution is 0.190. The van der Waals surface area contributed by atoms with Crippen LogP contribution in [0.25, 0.3) is 11.0 Å². The van der Waals surface area contributed by atoms with E-state index in [2.05, 4.69) is 31.5 Å². The van der Waals surface area contributed by atoms with Crippen molar-refractivity contribution in [1.82, 2.24) is 9.55 Å². The number of fused-ring (bicyclic) bond motifs is 1. The van der Waals surface area contributed by atoms with Crippen LogP contribution in [0.5, 0.6) is 0 Å². The van der Waals surface area contributed by atoms with Gasteiger partial charge in [0.15, 0.2) is 0 Å². The standard InChI is InChI=1S/C13H18BrN3O/c1-17-12-6-5-9(14)8-11(12)16-13(17)10(15)4-3-7-18-2/h5-6,8,10H,3-4,7,15H2,1-2H3. The van der Waals surface area contributed by atoms with Crippen LogP contribution in [0, 0.1) is 0 Å². The van der Waals surface area contributed by atoms with Crippen LogP contribution < -0.4 is 5.73 Å². The molecule has 18 heavy (non-hydrogen) atoms. The Morgan fingerprint density at radius 3 is 3.00 bits per heavy atom. The summed E-state index contributed by atoms with van der Waals surface area (Å²) >= 11 is 3.46. The number of aryl methyl sites for hydroxylation is 1. The Bertz CT molecular complexity index is 538. The first kappa shape index (κ1) is 13.5. The summed E-state index contributed by atoms with van der Waals surface area (Å²) in [5, 5.41) is 0. The molecule has 0 aliphatic rings. The van der Waals surface area contributed by atoms with Gasteiger partial charge in [-0.2, -0.15) is 0 Å². The minimum absolute atomic E-state index is 0.0451. The minimum Gasteiger partial charge on any atom is -0.385 e. The molecule has 98 valence electrons. The average molecular weight is 312 g/mol. The summed E-state index contributed by atoms with van der Waals surface area (Å²) in [6.45, 7) is 0.739. The number of nitrogens with two attached hydrogens (primary N) is 1. The Hall–Kier alpha value is -0.910. The lowest BCUT2D eigenvalue weighted by atomic mass is 10.1. The van der Waals surface area contributed by atoms with Gasteiger partial charge in [0.25, 0.3) is 0 Å². The zero-order valence-electron chi connectivity index (χ0n) is 10.7. The van der Waals surface area contributed by atoms with Crippen LogP contribution >= 0.6 is 15.9 Å². The fourth-order valence-electron chi connectivity index (χ4n) is 2.10. The van der Waals surface area contributed by atoms with Gasteiger partial charge in [0.05, 0.1) is 17.1 Å². The highest BCUT2D eigenvalue weighted by molar-refractivity contribution is 9.10. The van der Waals surface area contributed by atoms with Crippen molar-refractivity contribution in [2.24, 2.45) is 12.8 Å². The topological polar surface area (TPSA) is 53.1 Å². The second-order valence-corrected chi connectivity index (χ2v) is 5.32. The third kappa shape index (κ3) is 2.74. The number of benzene rings is 1. The van der Waals surface area contributed by atoms with Crippen LogP contribution in [0.4, 0.5) is 0 Å². The van der Waals surface area contributed by atoms with Crippen LogP contribution in [0.3, 0.4) is 0 Å². The monoisotopic (exact) mass is 311 g/mol. The normalized spacial score (nSPS) is 13.1. The molecule has 0 aliphatic heterocycles. The predicted octanol–water partition coefficient (Wildman–Crippen LogP) is 2.76. The molecule has 4 nitrogen and oxygen atoms in total. The maximum absolute atomic E-state index is 6.19. The van der Waals surface area contributed by atoms with Crippen molar-refractivity contribution >= 4 is 27.0 Å². The maximum Gasteiger partial charge on any atom is 0.126 e. The molecule has 2 N–H and O–H groups in total. The lowest BCUT2D eigenvalue weighted by Crippen LogP contribution is -2.15. The number of hydrogen-bond donors (Lipinski definition) is 1. The number of rotatable bonds is 5. The first-order valence-electron chi connectivity index (χ1n) is 6.00. The Morgan fingerprint density at radius 2 is 2.28 bits per heavy atom. The number of imidazole rings is 1. The van der Waals surface area contributed by atoms with E-state index in [0.29, 0.717) is 0 Å². The fraction of sp³-hybridized carbons (Fsp3) is 0.462. The lowest BCUT2D eigenvalue weighted by Gasteiger charge is -2.11. The van der Waals surface area contributed by atoms with Crippen LogP contribution in [0.15, 0.2) is 22.7 Å². The Kier molecular flexibility index (Phi) is 4.37. The molecule has 0 fully saturated rings. The highest BCUT2D eigenvalue weighted by atomic mass is 79.9. The summed E-state index contributed by atoms with van der Waals surface area (Å²) in [7, 11) is 3.72. The molecule has 0 aliphatic carbocycles. The van der Waals surface area contributed by atoms with E-state index < -0.39 is 0 Å². The number of hydrogen-bond acceptors (Lipinski definition) is 3. The van der Waals surface area contributed by atoms with Crippen LogP contribution in [-0.2, 0) is 11.8 Å². The van der Waals surface area contributed by atoms with E-state index in [9.17, 15) is 0 Å². The average Bonchev–Trinajstić information content (AvgIpc) is 2.66. The van der Waals surface area contributed by atoms with E-state index in [1.807, 2.05) is 19.2 Å².